The zero-order valence-electron chi connectivity index (χ0n) is 20.1. The average Bonchev–Trinajstić information content (AvgIpc) is 3.28. The van der Waals surface area contributed by atoms with E-state index in [9.17, 15) is 9.59 Å². The second-order valence-electron chi connectivity index (χ2n) is 8.10. The van der Waals surface area contributed by atoms with Crippen LogP contribution < -0.4 is 9.47 Å². The van der Waals surface area contributed by atoms with Crippen LogP contribution in [-0.2, 0) is 19.1 Å². The summed E-state index contributed by atoms with van der Waals surface area (Å²) in [6.45, 7) is 7.69. The van der Waals surface area contributed by atoms with Gasteiger partial charge in [-0.15, -0.1) is 0 Å². The number of morpholine rings is 1. The lowest BCUT2D eigenvalue weighted by Gasteiger charge is -2.37. The van der Waals surface area contributed by atoms with E-state index in [2.05, 4.69) is 11.6 Å². The molecule has 0 aliphatic carbocycles. The molecule has 9 nitrogen and oxygen atoms in total. The Labute approximate surface area is 209 Å². The topological polar surface area (TPSA) is 89.9 Å². The van der Waals surface area contributed by atoms with Crippen molar-refractivity contribution in [3.05, 3.63) is 58.8 Å². The summed E-state index contributed by atoms with van der Waals surface area (Å²) in [4.78, 5) is 34.7. The Balaban J connectivity index is 1.75. The van der Waals surface area contributed by atoms with Gasteiger partial charge in [-0.05, 0) is 30.0 Å². The lowest BCUT2D eigenvalue weighted by Crippen LogP contribution is -2.42. The molecule has 0 spiro atoms. The van der Waals surface area contributed by atoms with Gasteiger partial charge in [-0.1, -0.05) is 24.4 Å². The maximum Gasteiger partial charge on any atom is 0.338 e. The second-order valence-corrected chi connectivity index (χ2v) is 8.93. The molecule has 10 heteroatoms. The quantitative estimate of drug-likeness (QED) is 0.398. The number of amidine groups is 1. The maximum absolute atomic E-state index is 13.2. The number of fused-ring (bicyclic) bond motifs is 1. The highest BCUT2D eigenvalue weighted by Gasteiger charge is 2.41. The number of carbonyl (C=O) groups is 2. The summed E-state index contributed by atoms with van der Waals surface area (Å²) in [6, 6.07) is 4.90. The number of allylic oxidation sites excluding steroid dienone is 1. The minimum atomic E-state index is -0.581. The Morgan fingerprint density at radius 1 is 1.20 bits per heavy atom. The van der Waals surface area contributed by atoms with Gasteiger partial charge in [-0.25, -0.2) is 9.79 Å². The summed E-state index contributed by atoms with van der Waals surface area (Å²) in [5, 5.41) is 2.62. The molecule has 1 unspecified atom stereocenters. The zero-order chi connectivity index (χ0) is 24.9. The first-order valence-corrected chi connectivity index (χ1v) is 12.2. The molecule has 0 aromatic heterocycles. The molecule has 0 saturated carbocycles. The van der Waals surface area contributed by atoms with Crippen LogP contribution in [0.25, 0.3) is 0 Å². The van der Waals surface area contributed by atoms with Gasteiger partial charge in [0.05, 0.1) is 51.2 Å². The first-order valence-electron chi connectivity index (χ1n) is 11.3. The molecule has 0 bridgehead atoms. The lowest BCUT2D eigenvalue weighted by molar-refractivity contribution is -0.138. The van der Waals surface area contributed by atoms with Gasteiger partial charge in [0, 0.05) is 24.9 Å². The number of benzene rings is 1. The molecule has 0 radical (unpaired) electrons. The minimum Gasteiger partial charge on any atom is -0.497 e. The Morgan fingerprint density at radius 3 is 2.51 bits per heavy atom. The van der Waals surface area contributed by atoms with E-state index in [4.69, 9.17) is 18.9 Å². The third-order valence-corrected chi connectivity index (χ3v) is 6.83. The molecule has 3 heterocycles. The third-order valence-electron chi connectivity index (χ3n) is 5.94. The van der Waals surface area contributed by atoms with Crippen LogP contribution in [0.1, 0.15) is 24.9 Å². The largest absolute Gasteiger partial charge is 0.497 e. The van der Waals surface area contributed by atoms with Crippen molar-refractivity contribution in [1.29, 1.82) is 0 Å². The average molecular weight is 500 g/mol. The monoisotopic (exact) mass is 499 g/mol. The highest BCUT2D eigenvalue weighted by Crippen LogP contribution is 2.46. The summed E-state index contributed by atoms with van der Waals surface area (Å²) in [7, 11) is 3.15. The number of rotatable bonds is 8. The summed E-state index contributed by atoms with van der Waals surface area (Å²) in [5.41, 5.74) is 2.46. The third kappa shape index (κ3) is 5.23. The number of ether oxygens (including phenoxy) is 4. The van der Waals surface area contributed by atoms with Crippen molar-refractivity contribution in [3.63, 3.8) is 0 Å². The lowest BCUT2D eigenvalue weighted by atomic mass is 9.93. The molecule has 0 N–H and O–H groups in total. The number of hydrogen-bond acceptors (Lipinski definition) is 9. The summed E-state index contributed by atoms with van der Waals surface area (Å²) in [6.07, 6.45) is 1.70. The van der Waals surface area contributed by atoms with Crippen LogP contribution in [0.4, 0.5) is 0 Å². The van der Waals surface area contributed by atoms with E-state index >= 15 is 0 Å². The summed E-state index contributed by atoms with van der Waals surface area (Å²) in [5.74, 6) is 0.682. The number of methoxy groups -OCH3 is 2. The van der Waals surface area contributed by atoms with E-state index in [1.54, 1.807) is 32.1 Å². The smallest absolute Gasteiger partial charge is 0.338 e. The van der Waals surface area contributed by atoms with Crippen molar-refractivity contribution in [2.75, 3.05) is 47.1 Å². The molecule has 3 aliphatic rings. The predicted molar refractivity (Wildman–Crippen MR) is 133 cm³/mol. The highest BCUT2D eigenvalue weighted by molar-refractivity contribution is 8.16. The molecule has 4 rings (SSSR count). The van der Waals surface area contributed by atoms with Gasteiger partial charge in [-0.2, -0.15) is 0 Å². The number of thioether (sulfide) groups is 1. The Morgan fingerprint density at radius 2 is 1.89 bits per heavy atom. The highest BCUT2D eigenvalue weighted by atomic mass is 32.2. The standard InChI is InChI=1S/C25H29N3O6S/c1-5-8-34-24(30)22-16(2)26-25-28(23(22)17-11-19(31-3)14-20(12-17)32-4)18(15-35-25)13-21(29)27-6-9-33-10-7-27/h5,11-12,14-15,23H,1,6-10,13H2,2-4H3. The normalized spacial score (nSPS) is 19.6. The summed E-state index contributed by atoms with van der Waals surface area (Å²) < 4.78 is 21.8. The number of nitrogens with zero attached hydrogens (tertiary/aromatic N) is 3. The van der Waals surface area contributed by atoms with E-state index in [0.29, 0.717) is 54.2 Å². The Hall–Kier alpha value is -3.24. The van der Waals surface area contributed by atoms with E-state index < -0.39 is 12.0 Å². The van der Waals surface area contributed by atoms with Crippen LogP contribution in [0.3, 0.4) is 0 Å². The van der Waals surface area contributed by atoms with Crippen LogP contribution in [0.5, 0.6) is 11.5 Å². The number of aliphatic imine (C=N–C) groups is 1. The van der Waals surface area contributed by atoms with Crippen LogP contribution in [0, 0.1) is 0 Å². The SMILES string of the molecule is C=CCOC(=O)C1=C(C)N=C2SC=C(CC(=O)N3CCOCC3)N2C1c1cc(OC)cc(OC)c1. The summed E-state index contributed by atoms with van der Waals surface area (Å²) >= 11 is 1.43. The fraction of sp³-hybridized carbons (Fsp3) is 0.400. The van der Waals surface area contributed by atoms with Crippen LogP contribution >= 0.6 is 11.8 Å². The molecule has 1 aromatic rings. The van der Waals surface area contributed by atoms with Gasteiger partial charge < -0.3 is 28.7 Å². The number of hydrogen-bond donors (Lipinski definition) is 0. The van der Waals surface area contributed by atoms with Crippen LogP contribution in [0.15, 0.2) is 58.2 Å². The maximum atomic E-state index is 13.2. The molecule has 1 atom stereocenters. The molecular weight excluding hydrogens is 470 g/mol. The number of amides is 1. The van der Waals surface area contributed by atoms with Gasteiger partial charge in [-0.3, -0.25) is 4.79 Å². The van der Waals surface area contributed by atoms with E-state index in [-0.39, 0.29) is 18.9 Å². The van der Waals surface area contributed by atoms with Crippen molar-refractivity contribution in [1.82, 2.24) is 9.80 Å². The molecule has 3 aliphatic heterocycles. The van der Waals surface area contributed by atoms with E-state index in [0.717, 1.165) is 11.3 Å². The molecule has 1 fully saturated rings. The van der Waals surface area contributed by atoms with Crippen molar-refractivity contribution in [2.24, 2.45) is 4.99 Å². The Kier molecular flexibility index (Phi) is 7.82. The second kappa shape index (κ2) is 11.0. The van der Waals surface area contributed by atoms with E-state index in [1.165, 1.54) is 17.8 Å². The molecule has 1 saturated heterocycles. The van der Waals surface area contributed by atoms with Gasteiger partial charge in [0.25, 0.3) is 0 Å². The first kappa shape index (κ1) is 24.9. The number of carbonyl (C=O) groups excluding carboxylic acids is 2. The molecule has 186 valence electrons. The van der Waals surface area contributed by atoms with Crippen LogP contribution in [0.2, 0.25) is 0 Å². The fourth-order valence-electron chi connectivity index (χ4n) is 4.23. The van der Waals surface area contributed by atoms with E-state index in [1.807, 2.05) is 22.4 Å². The van der Waals surface area contributed by atoms with Crippen molar-refractivity contribution >= 4 is 28.8 Å². The minimum absolute atomic E-state index is 0.00503. The first-order chi connectivity index (χ1) is 17.0. The van der Waals surface area contributed by atoms with Crippen molar-refractivity contribution in [3.8, 4) is 11.5 Å². The van der Waals surface area contributed by atoms with Gasteiger partial charge in [0.15, 0.2) is 5.17 Å². The Bertz CT molecular complexity index is 1080. The van der Waals surface area contributed by atoms with Gasteiger partial charge >= 0.3 is 5.97 Å². The van der Waals surface area contributed by atoms with Crippen LogP contribution in [-0.4, -0.2) is 74.0 Å². The number of esters is 1. The molecule has 1 aromatic carbocycles. The molecular formula is C25H29N3O6S. The molecule has 1 amide bonds. The van der Waals surface area contributed by atoms with Gasteiger partial charge in [0.1, 0.15) is 18.1 Å². The fourth-order valence-corrected chi connectivity index (χ4v) is 5.19. The van der Waals surface area contributed by atoms with Crippen molar-refractivity contribution in [2.45, 2.75) is 19.4 Å². The molecule has 35 heavy (non-hydrogen) atoms. The van der Waals surface area contributed by atoms with Crippen molar-refractivity contribution < 1.29 is 28.5 Å². The predicted octanol–water partition coefficient (Wildman–Crippen LogP) is 3.26. The zero-order valence-corrected chi connectivity index (χ0v) is 20.9. The van der Waals surface area contributed by atoms with Gasteiger partial charge in [0.2, 0.25) is 5.91 Å².